The van der Waals surface area contributed by atoms with E-state index in [1.165, 1.54) is 9.80 Å². The molecule has 12 rings (SSSR count). The van der Waals surface area contributed by atoms with Gasteiger partial charge in [0.1, 0.15) is 93.1 Å². The molecule has 38 nitrogen and oxygen atoms in total. The molecule has 2 saturated heterocycles. The lowest BCUT2D eigenvalue weighted by atomic mass is 9.89. The second-order valence-electron chi connectivity index (χ2n) is 35.7. The Labute approximate surface area is 842 Å². The lowest BCUT2D eigenvalue weighted by Gasteiger charge is -2.34. The number of likely N-dealkylation sites (N-methyl/N-ethyl adjacent to an activating group) is 2. The molecule has 8 amide bonds. The second-order valence-corrected chi connectivity index (χ2v) is 35.7. The summed E-state index contributed by atoms with van der Waals surface area (Å²) in [6.45, 7) is 33.8. The van der Waals surface area contributed by atoms with Crippen molar-refractivity contribution in [1.29, 1.82) is 0 Å². The van der Waals surface area contributed by atoms with Crippen molar-refractivity contribution in [1.82, 2.24) is 51.5 Å². The fourth-order valence-corrected chi connectivity index (χ4v) is 17.4. The number of fused-ring (bicyclic) bond motifs is 4. The molecule has 8 unspecified atom stereocenters. The Balaban J connectivity index is 0.000000276. The smallest absolute Gasteiger partial charge is 0.407 e. The molecule has 0 spiro atoms. The quantitative estimate of drug-likeness (QED) is 0.00732. The van der Waals surface area contributed by atoms with Crippen LogP contribution in [0.4, 0.5) is 30.6 Å². The monoisotopic (exact) mass is 2000 g/mol. The highest BCUT2D eigenvalue weighted by Gasteiger charge is 2.44. The molecule has 144 heavy (non-hydrogen) atoms. The van der Waals surface area contributed by atoms with Gasteiger partial charge in [-0.15, -0.1) is 0 Å². The van der Waals surface area contributed by atoms with Crippen molar-refractivity contribution in [3.05, 3.63) is 165 Å². The molecule has 12 N–H and O–H groups in total. The van der Waals surface area contributed by atoms with Crippen LogP contribution in [0.25, 0.3) is 66.8 Å². The first kappa shape index (κ1) is 112. The number of anilines is 2. The van der Waals surface area contributed by atoms with E-state index in [0.29, 0.717) is 178 Å². The molecular weight excluding hydrogens is 1850 g/mol. The minimum atomic E-state index is -1.19. The summed E-state index contributed by atoms with van der Waals surface area (Å²) < 4.78 is 80.0. The molecule has 4 aromatic rings. The lowest BCUT2D eigenvalue weighted by Crippen LogP contribution is -2.76. The number of hydrogen-bond acceptors (Lipinski definition) is 27. The minimum Gasteiger partial charge on any atom is -0.480 e. The number of ether oxygens (including phenoxy) is 12. The number of aliphatic hydroxyl groups excluding tert-OH is 1. The molecule has 0 bridgehead atoms. The molecule has 784 valence electrons. The summed E-state index contributed by atoms with van der Waals surface area (Å²) in [6, 6.07) is 31.2. The second kappa shape index (κ2) is 57.5. The number of nitrogens with zero attached hydrogens (tertiary/aromatic N) is 4. The summed E-state index contributed by atoms with van der Waals surface area (Å²) in [6.07, 6.45) is 3.29. The highest BCUT2D eigenvalue weighted by molar-refractivity contribution is 6.11. The van der Waals surface area contributed by atoms with Gasteiger partial charge in [-0.25, -0.2) is 38.8 Å². The fraction of sp³-hybridized carbons (Fsp3) is 0.528. The molecular formula is C106H148N14O24+2. The summed E-state index contributed by atoms with van der Waals surface area (Å²) in [5, 5.41) is 47.6. The van der Waals surface area contributed by atoms with Crippen molar-refractivity contribution in [2.75, 3.05) is 196 Å². The van der Waals surface area contributed by atoms with Gasteiger partial charge in [0, 0.05) is 171 Å². The van der Waals surface area contributed by atoms with Crippen LogP contribution >= 0.6 is 0 Å². The van der Waals surface area contributed by atoms with Gasteiger partial charge in [0.2, 0.25) is 10.7 Å². The molecule has 2 aliphatic carbocycles. The molecule has 0 saturated carbocycles. The molecule has 2 fully saturated rings. The average Bonchev–Trinajstić information content (AvgIpc) is 0.819. The van der Waals surface area contributed by atoms with Gasteiger partial charge in [0.15, 0.2) is 0 Å². The highest BCUT2D eigenvalue weighted by atomic mass is 16.6. The number of aryl methyl sites for hydroxylation is 4. The molecule has 0 radical (unpaired) electrons. The Bertz CT molecular complexity index is 5750. The Hall–Kier alpha value is -12.2. The zero-order chi connectivity index (χ0) is 103. The first-order valence-electron chi connectivity index (χ1n) is 50.3. The first-order valence-corrected chi connectivity index (χ1v) is 50.3. The van der Waals surface area contributed by atoms with Gasteiger partial charge in [0.25, 0.3) is 11.8 Å². The third-order valence-electron chi connectivity index (χ3n) is 24.9. The van der Waals surface area contributed by atoms with Gasteiger partial charge in [0.05, 0.1) is 96.4 Å². The number of carboxylic acid groups (broad SMARTS) is 1. The Morgan fingerprint density at radius 3 is 1.28 bits per heavy atom. The predicted octanol–water partition coefficient (Wildman–Crippen LogP) is 8.88. The number of carboxylic acids is 1. The zero-order valence-corrected chi connectivity index (χ0v) is 85.7. The van der Waals surface area contributed by atoms with Gasteiger partial charge in [-0.1, -0.05) is 50.2 Å². The summed E-state index contributed by atoms with van der Waals surface area (Å²) >= 11 is 0. The summed E-state index contributed by atoms with van der Waals surface area (Å²) in [5.41, 5.74) is 15.7. The van der Waals surface area contributed by atoms with Crippen LogP contribution in [-0.2, 0) is 66.4 Å². The standard InChI is InChI=1S/C55H75N7O14.C51H71N7O10/c1-8-44-47(76-50(65)34-72-33-49(63)64)31-48(75-44)62-32-37(6)52(60-54(62)67)58-17-13-20-69-23-25-71-26-24-70-21-14-18-59-55(68)73-22-19-61(7)53(66)39-16-12-11-15-38(39)51-40-27-35(4)42(56-9-2)29-45(40)74-46-30-43(57-10-3)36(5)28-41(46)51;1-8-43-42(59)31-46(68-43)58-32-35(6)48(56-50(58)61)54-17-13-20-63-23-25-65-26-24-64-21-14-18-55-51(62)66-22-19-57(7)49(60)37-16-12-11-15-36(37)47-38-27-33(4)40(52-9-2)29-44(38)67-45-30-41(53-10-3)34(5)28-39(45)47/h11-12,15-16,27-30,32,44,47-48,52,56,58H,8-10,13-14,17-26,31,33-34H2,1-7H3,(H,59,68)(H,60,67)(H,63,64);11-12,15-16,27-30,32,42-43,46,48,52,54,59H,8-10,13-14,17-26,31H2,1-7H3,(H,55,62)(H,56,61)/p+2. The van der Waals surface area contributed by atoms with E-state index in [0.717, 1.165) is 132 Å². The molecule has 8 atom stereocenters. The van der Waals surface area contributed by atoms with E-state index >= 15 is 0 Å². The maximum absolute atomic E-state index is 14.1. The number of aliphatic hydroxyl groups is 1. The van der Waals surface area contributed by atoms with E-state index in [4.69, 9.17) is 70.8 Å². The van der Waals surface area contributed by atoms with Crippen molar-refractivity contribution in [2.45, 2.75) is 184 Å². The number of rotatable bonds is 55. The number of benzene rings is 6. The highest BCUT2D eigenvalue weighted by Crippen LogP contribution is 2.46. The Morgan fingerprint density at radius 1 is 0.472 bits per heavy atom. The third-order valence-corrected chi connectivity index (χ3v) is 24.9. The van der Waals surface area contributed by atoms with Crippen LogP contribution in [0.15, 0.2) is 129 Å². The van der Waals surface area contributed by atoms with Gasteiger partial charge in [-0.05, 0) is 191 Å². The molecule has 0 aromatic heterocycles. The van der Waals surface area contributed by atoms with E-state index in [-0.39, 0.29) is 75.0 Å². The molecule has 4 aromatic carbocycles. The van der Waals surface area contributed by atoms with Crippen LogP contribution in [-0.4, -0.2) is 312 Å². The van der Waals surface area contributed by atoms with Crippen molar-refractivity contribution < 1.29 is 124 Å². The normalized spacial score (nSPS) is 18.1. The molecule has 38 heteroatoms. The largest absolute Gasteiger partial charge is 0.480 e. The molecule has 6 heterocycles. The topological polar surface area (TPSA) is 451 Å². The van der Waals surface area contributed by atoms with Crippen LogP contribution in [0.2, 0.25) is 0 Å². The van der Waals surface area contributed by atoms with Crippen molar-refractivity contribution in [3.63, 3.8) is 0 Å². The lowest BCUT2D eigenvalue weighted by molar-refractivity contribution is -0.496. The van der Waals surface area contributed by atoms with Crippen molar-refractivity contribution in [3.8, 4) is 44.9 Å². The van der Waals surface area contributed by atoms with Gasteiger partial charge in [-0.2, -0.15) is 0 Å². The number of carbonyl (C=O) groups excluding carboxylic acids is 7. The fourth-order valence-electron chi connectivity index (χ4n) is 17.4. The number of carbonyl (C=O) groups is 8. The van der Waals surface area contributed by atoms with Crippen LogP contribution < -0.4 is 63.2 Å². The van der Waals surface area contributed by atoms with E-state index in [9.17, 15) is 43.5 Å². The van der Waals surface area contributed by atoms with Crippen LogP contribution in [0.1, 0.15) is 150 Å². The maximum atomic E-state index is 14.1. The van der Waals surface area contributed by atoms with Crippen molar-refractivity contribution >= 4 is 81.3 Å². The molecule has 6 aliphatic heterocycles. The SMILES string of the molecule is CCNc1cc2oc3cc(=[NH+]CC)c(C)cc-3c(-c3ccccc3C(=O)N(C)CCOC(=O)NCCCOCCOCCOCCCNC3NC(=O)N(C4CC(O)C(CC)O4)C=C3C)c2cc1C.CCNc1cc2oc3cc(=[NH+]CC)c(C)cc-3c(-c3ccccc3C(=O)N(C)CCOC(=O)NCCCOCCOCCOCCCNC3NC(=O)N(C4CC(OC(=O)COCC(=O)O)C(CC)O4)C=C3C)c2cc1C. The number of esters is 1. The number of hydrogen-bond donors (Lipinski definition) is 12. The van der Waals surface area contributed by atoms with Gasteiger partial charge in [-0.3, -0.25) is 30.0 Å². The van der Waals surface area contributed by atoms with Crippen LogP contribution in [0, 0.1) is 27.7 Å². The zero-order valence-electron chi connectivity index (χ0n) is 85.7. The Morgan fingerprint density at radius 2 is 0.875 bits per heavy atom. The van der Waals surface area contributed by atoms with Crippen molar-refractivity contribution in [2.24, 2.45) is 0 Å². The van der Waals surface area contributed by atoms with Crippen LogP contribution in [0.3, 0.4) is 0 Å². The van der Waals surface area contributed by atoms with Crippen LogP contribution in [0.5, 0.6) is 0 Å². The van der Waals surface area contributed by atoms with E-state index in [1.54, 1.807) is 36.3 Å². The van der Waals surface area contributed by atoms with Gasteiger partial charge < -0.3 is 118 Å². The molecule has 8 aliphatic rings. The number of amides is 8. The first-order chi connectivity index (χ1) is 69.6. The Kier molecular flexibility index (Phi) is 44.8. The predicted molar refractivity (Wildman–Crippen MR) is 542 cm³/mol. The van der Waals surface area contributed by atoms with E-state index in [1.807, 2.05) is 100 Å². The number of nitrogens with one attached hydrogen (secondary N) is 10. The summed E-state index contributed by atoms with van der Waals surface area (Å²) in [5.74, 6) is -0.858. The van der Waals surface area contributed by atoms with E-state index < -0.39 is 68.1 Å². The average molecular weight is 2000 g/mol. The number of urea groups is 2. The maximum Gasteiger partial charge on any atom is 0.407 e. The third kappa shape index (κ3) is 31.9. The number of alkyl carbamates (subject to hydrolysis) is 2. The minimum absolute atomic E-state index is 0.0118. The van der Waals surface area contributed by atoms with E-state index in [2.05, 4.69) is 132 Å². The summed E-state index contributed by atoms with van der Waals surface area (Å²) in [4.78, 5) is 115. The summed E-state index contributed by atoms with van der Waals surface area (Å²) in [7, 11) is 3.41. The van der Waals surface area contributed by atoms with Gasteiger partial charge >= 0.3 is 36.2 Å². The number of aliphatic carboxylic acids is 1.